The maximum Gasteiger partial charge on any atom is 0.329 e. The average molecular weight is 467 g/mol. The predicted molar refractivity (Wildman–Crippen MR) is 127 cm³/mol. The molecule has 3 aromatic heterocycles. The molecule has 3 aromatic rings. The SMILES string of the molecule is C.C.C=CC(=O)OC.COC(=O)CCn1ccnc1.OCCCn1ccnc1.c1c[nH]cn1. The molecule has 2 N–H and O–H groups in total. The van der Waals surface area contributed by atoms with Gasteiger partial charge in [-0.1, -0.05) is 21.4 Å². The molecule has 0 atom stereocenters. The molecule has 0 bridgehead atoms. The summed E-state index contributed by atoms with van der Waals surface area (Å²) in [5, 5.41) is 8.43. The number of rotatable bonds is 7. The molecule has 11 heteroatoms. The van der Waals surface area contributed by atoms with Gasteiger partial charge in [-0.25, -0.2) is 19.7 Å². The minimum Gasteiger partial charge on any atom is -0.469 e. The molecular weight excluding hydrogens is 428 g/mol. The Balaban J connectivity index is -0.000000372. The fraction of sp³-hybridized carbons (Fsp3) is 0.409. The standard InChI is InChI=1S/C7H10N2O2.C6H10N2O.C4H6O2.C3H4N2.2CH4/c1-11-7(10)2-4-9-5-3-8-6-9;9-5-1-3-8-4-2-7-6-8;1-3-4(5)6-2;1-2-5-3-4-1;;/h3,5-6H,2,4H2,1H3;2,4,6,9H,1,3,5H2;3H,1H2,2H3;1-3H,(H,4,5);2*1H4. The number of nitrogens with one attached hydrogen (secondary N) is 1. The second-order valence-electron chi connectivity index (χ2n) is 5.49. The van der Waals surface area contributed by atoms with Crippen molar-refractivity contribution in [3.05, 3.63) is 68.8 Å². The summed E-state index contributed by atoms with van der Waals surface area (Å²) in [4.78, 5) is 34.6. The van der Waals surface area contributed by atoms with Crippen LogP contribution in [0.5, 0.6) is 0 Å². The average Bonchev–Trinajstić information content (AvgIpc) is 3.61. The van der Waals surface area contributed by atoms with Crippen LogP contribution in [-0.2, 0) is 32.2 Å². The van der Waals surface area contributed by atoms with E-state index in [2.05, 4.69) is 36.0 Å². The first kappa shape index (κ1) is 33.9. The molecular formula is C22H38N6O5. The third kappa shape index (κ3) is 21.3. The summed E-state index contributed by atoms with van der Waals surface area (Å²) < 4.78 is 12.4. The van der Waals surface area contributed by atoms with Gasteiger partial charge in [0.1, 0.15) is 0 Å². The van der Waals surface area contributed by atoms with E-state index >= 15 is 0 Å². The van der Waals surface area contributed by atoms with Crippen molar-refractivity contribution in [3.8, 4) is 0 Å². The van der Waals surface area contributed by atoms with E-state index in [1.54, 1.807) is 43.8 Å². The van der Waals surface area contributed by atoms with Gasteiger partial charge in [0, 0.05) is 63.0 Å². The first-order valence-corrected chi connectivity index (χ1v) is 9.29. The number of ether oxygens (including phenoxy) is 2. The number of aromatic nitrogens is 6. The first-order valence-electron chi connectivity index (χ1n) is 9.29. The van der Waals surface area contributed by atoms with Gasteiger partial charge < -0.3 is 28.7 Å². The lowest BCUT2D eigenvalue weighted by atomic mass is 10.4. The van der Waals surface area contributed by atoms with Crippen molar-refractivity contribution >= 4 is 11.9 Å². The molecule has 0 aromatic carbocycles. The van der Waals surface area contributed by atoms with Gasteiger partial charge in [-0.2, -0.15) is 0 Å². The van der Waals surface area contributed by atoms with E-state index in [1.807, 2.05) is 21.5 Å². The van der Waals surface area contributed by atoms with E-state index in [1.165, 1.54) is 14.2 Å². The van der Waals surface area contributed by atoms with E-state index in [0.29, 0.717) is 13.0 Å². The molecule has 3 heterocycles. The number of carbonyl (C=O) groups is 2. The van der Waals surface area contributed by atoms with Gasteiger partial charge in [0.2, 0.25) is 0 Å². The Morgan fingerprint density at radius 3 is 1.91 bits per heavy atom. The minimum absolute atomic E-state index is 0. The predicted octanol–water partition coefficient (Wildman–Crippen LogP) is 2.74. The Kier molecular flexibility index (Phi) is 25.2. The van der Waals surface area contributed by atoms with E-state index in [0.717, 1.165) is 19.0 Å². The molecule has 0 unspecified atom stereocenters. The Hall–Kier alpha value is -3.73. The van der Waals surface area contributed by atoms with Crippen LogP contribution >= 0.6 is 0 Å². The van der Waals surface area contributed by atoms with Crippen LogP contribution in [0.3, 0.4) is 0 Å². The van der Waals surface area contributed by atoms with Crippen molar-refractivity contribution in [2.24, 2.45) is 0 Å². The van der Waals surface area contributed by atoms with E-state index in [9.17, 15) is 9.59 Å². The molecule has 0 aliphatic carbocycles. The topological polar surface area (TPSA) is 137 Å². The van der Waals surface area contributed by atoms with Crippen LogP contribution in [0.1, 0.15) is 27.7 Å². The highest BCUT2D eigenvalue weighted by molar-refractivity contribution is 5.80. The van der Waals surface area contributed by atoms with Crippen LogP contribution < -0.4 is 0 Å². The highest BCUT2D eigenvalue weighted by Crippen LogP contribution is 1.91. The quantitative estimate of drug-likeness (QED) is 0.400. The van der Waals surface area contributed by atoms with Gasteiger partial charge >= 0.3 is 11.9 Å². The molecule has 0 spiro atoms. The van der Waals surface area contributed by atoms with E-state index < -0.39 is 5.97 Å². The van der Waals surface area contributed by atoms with Gasteiger partial charge in [0.15, 0.2) is 0 Å². The first-order chi connectivity index (χ1) is 15.1. The van der Waals surface area contributed by atoms with Crippen LogP contribution in [0.15, 0.2) is 68.8 Å². The minimum atomic E-state index is -0.394. The zero-order chi connectivity index (χ0) is 23.2. The molecule has 0 saturated carbocycles. The van der Waals surface area contributed by atoms with Crippen molar-refractivity contribution in [3.63, 3.8) is 0 Å². The second kappa shape index (κ2) is 24.5. The van der Waals surface area contributed by atoms with Crippen molar-refractivity contribution in [2.75, 3.05) is 20.8 Å². The maximum absolute atomic E-state index is 10.7. The number of aliphatic hydroxyl groups is 1. The summed E-state index contributed by atoms with van der Waals surface area (Å²) in [7, 11) is 2.69. The lowest BCUT2D eigenvalue weighted by Gasteiger charge is -1.99. The Bertz CT molecular complexity index is 757. The summed E-state index contributed by atoms with van der Waals surface area (Å²) in [5.74, 6) is -0.589. The van der Waals surface area contributed by atoms with Gasteiger partial charge in [-0.15, -0.1) is 0 Å². The number of aryl methyl sites for hydroxylation is 2. The molecule has 3 rings (SSSR count). The van der Waals surface area contributed by atoms with Crippen molar-refractivity contribution in [1.29, 1.82) is 0 Å². The number of esters is 2. The number of aromatic amines is 1. The number of imidazole rings is 3. The lowest BCUT2D eigenvalue weighted by Crippen LogP contribution is -2.05. The molecule has 0 amide bonds. The van der Waals surface area contributed by atoms with Crippen molar-refractivity contribution in [1.82, 2.24) is 29.1 Å². The normalized spacial score (nSPS) is 8.33. The molecule has 33 heavy (non-hydrogen) atoms. The fourth-order valence-corrected chi connectivity index (χ4v) is 1.71. The molecule has 0 saturated heterocycles. The summed E-state index contributed by atoms with van der Waals surface area (Å²) in [6.45, 7) is 4.89. The molecule has 11 nitrogen and oxygen atoms in total. The smallest absolute Gasteiger partial charge is 0.329 e. The molecule has 0 fully saturated rings. The monoisotopic (exact) mass is 466 g/mol. The van der Waals surface area contributed by atoms with Crippen LogP contribution in [0.25, 0.3) is 0 Å². The van der Waals surface area contributed by atoms with E-state index in [4.69, 9.17) is 5.11 Å². The van der Waals surface area contributed by atoms with Crippen molar-refractivity contribution in [2.45, 2.75) is 40.8 Å². The Morgan fingerprint density at radius 2 is 1.61 bits per heavy atom. The largest absolute Gasteiger partial charge is 0.469 e. The molecule has 0 aliphatic rings. The van der Waals surface area contributed by atoms with Crippen LogP contribution in [0.4, 0.5) is 0 Å². The third-order valence-electron chi connectivity index (χ3n) is 3.27. The van der Waals surface area contributed by atoms with E-state index in [-0.39, 0.29) is 27.4 Å². The summed E-state index contributed by atoms with van der Waals surface area (Å²) in [6.07, 6.45) is 17.9. The summed E-state index contributed by atoms with van der Waals surface area (Å²) in [6, 6.07) is 0. The van der Waals surface area contributed by atoms with Crippen molar-refractivity contribution < 1.29 is 24.2 Å². The number of hydrogen-bond acceptors (Lipinski definition) is 8. The highest BCUT2D eigenvalue weighted by Gasteiger charge is 1.98. The van der Waals surface area contributed by atoms with Crippen LogP contribution in [-0.4, -0.2) is 66.9 Å². The molecule has 0 radical (unpaired) electrons. The third-order valence-corrected chi connectivity index (χ3v) is 3.27. The summed E-state index contributed by atoms with van der Waals surface area (Å²) in [5.41, 5.74) is 0. The van der Waals surface area contributed by atoms with Gasteiger partial charge in [-0.05, 0) is 6.42 Å². The number of aliphatic hydroxyl groups excluding tert-OH is 1. The zero-order valence-corrected chi connectivity index (χ0v) is 17.8. The molecule has 186 valence electrons. The van der Waals surface area contributed by atoms with Gasteiger partial charge in [0.05, 0.1) is 39.6 Å². The summed E-state index contributed by atoms with van der Waals surface area (Å²) >= 11 is 0. The van der Waals surface area contributed by atoms with Crippen LogP contribution in [0, 0.1) is 0 Å². The number of nitrogens with zero attached hydrogens (tertiary/aromatic N) is 5. The van der Waals surface area contributed by atoms with Crippen LogP contribution in [0.2, 0.25) is 0 Å². The number of methoxy groups -OCH3 is 2. The Morgan fingerprint density at radius 1 is 1.00 bits per heavy atom. The van der Waals surface area contributed by atoms with Gasteiger partial charge in [0.25, 0.3) is 0 Å². The molecule has 0 aliphatic heterocycles. The highest BCUT2D eigenvalue weighted by atomic mass is 16.5. The fourth-order valence-electron chi connectivity index (χ4n) is 1.71. The lowest BCUT2D eigenvalue weighted by molar-refractivity contribution is -0.141. The second-order valence-corrected chi connectivity index (χ2v) is 5.49. The number of hydrogen-bond donors (Lipinski definition) is 2. The zero-order valence-electron chi connectivity index (χ0n) is 17.8. The number of H-pyrrole nitrogens is 1. The Labute approximate surface area is 196 Å². The maximum atomic E-state index is 10.7. The van der Waals surface area contributed by atoms with Gasteiger partial charge in [-0.3, -0.25) is 4.79 Å². The number of carbonyl (C=O) groups excluding carboxylic acids is 2.